The van der Waals surface area contributed by atoms with Crippen LogP contribution in [-0.2, 0) is 9.59 Å². The summed E-state index contributed by atoms with van der Waals surface area (Å²) in [5.41, 5.74) is 0.967. The van der Waals surface area contributed by atoms with Crippen LogP contribution >= 0.6 is 23.1 Å². The first-order valence-corrected chi connectivity index (χ1v) is 7.22. The molecular weight excluding hydrogens is 280 g/mol. The van der Waals surface area contributed by atoms with Crippen LogP contribution < -0.4 is 5.32 Å². The molecule has 0 aliphatic rings. The summed E-state index contributed by atoms with van der Waals surface area (Å²) < 4.78 is 0. The summed E-state index contributed by atoms with van der Waals surface area (Å²) in [7, 11) is 0. The van der Waals surface area contributed by atoms with Crippen molar-refractivity contribution < 1.29 is 9.59 Å². The normalized spacial score (nSPS) is 10.2. The predicted octanol–water partition coefficient (Wildman–Crippen LogP) is 3.41. The number of nitrogens with zero attached hydrogens (tertiary/aromatic N) is 1. The van der Waals surface area contributed by atoms with Crippen LogP contribution in [0, 0.1) is 0 Å². The van der Waals surface area contributed by atoms with Gasteiger partial charge in [0.05, 0.1) is 0 Å². The van der Waals surface area contributed by atoms with Gasteiger partial charge in [-0.15, -0.1) is 0 Å². The number of anilines is 1. The zero-order valence-electron chi connectivity index (χ0n) is 10.5. The Kier molecular flexibility index (Phi) is 4.34. The Bertz CT molecular complexity index is 575. The largest absolute Gasteiger partial charge is 0.316 e. The first kappa shape index (κ1) is 13.8. The van der Waals surface area contributed by atoms with E-state index in [0.717, 1.165) is 22.3 Å². The highest BCUT2D eigenvalue weighted by Gasteiger charge is 2.15. The number of carbonyl (C=O) groups excluding carboxylic acids is 2. The molecule has 6 heteroatoms. The molecule has 2 rings (SSSR count). The summed E-state index contributed by atoms with van der Waals surface area (Å²) in [6.45, 7) is 2.91. The molecule has 1 aromatic carbocycles. The molecule has 1 heterocycles. The van der Waals surface area contributed by atoms with E-state index in [4.69, 9.17) is 0 Å². The highest BCUT2D eigenvalue weighted by molar-refractivity contribution is 8.13. The maximum Gasteiger partial charge on any atom is 0.221 e. The third-order valence-electron chi connectivity index (χ3n) is 2.15. The summed E-state index contributed by atoms with van der Waals surface area (Å²) in [6, 6.07) is 9.66. The minimum absolute atomic E-state index is 0.0588. The maximum atomic E-state index is 11.2. The molecule has 0 unspecified atom stereocenters. The average Bonchev–Trinajstić information content (AvgIpc) is 2.72. The Labute approximate surface area is 119 Å². The van der Waals surface area contributed by atoms with E-state index >= 15 is 0 Å². The van der Waals surface area contributed by atoms with E-state index in [1.165, 1.54) is 25.2 Å². The smallest absolute Gasteiger partial charge is 0.221 e. The lowest BCUT2D eigenvalue weighted by Gasteiger charge is -1.98. The SMILES string of the molecule is CC(=O)Nc1sc(-c2ccccc2)nc1SC(C)=O. The molecule has 1 amide bonds. The number of benzene rings is 1. The number of nitrogens with one attached hydrogen (secondary N) is 1. The zero-order valence-corrected chi connectivity index (χ0v) is 12.1. The number of aromatic nitrogens is 1. The van der Waals surface area contributed by atoms with E-state index in [1.54, 1.807) is 0 Å². The highest BCUT2D eigenvalue weighted by atomic mass is 32.2. The minimum Gasteiger partial charge on any atom is -0.316 e. The maximum absolute atomic E-state index is 11.2. The number of thioether (sulfide) groups is 1. The molecule has 0 radical (unpaired) electrons. The molecule has 0 aliphatic carbocycles. The molecule has 0 saturated carbocycles. The lowest BCUT2D eigenvalue weighted by molar-refractivity contribution is -0.114. The summed E-state index contributed by atoms with van der Waals surface area (Å²) in [4.78, 5) is 26.8. The fraction of sp³-hybridized carbons (Fsp3) is 0.154. The van der Waals surface area contributed by atoms with Crippen LogP contribution in [-0.4, -0.2) is 16.0 Å². The number of thiazole rings is 1. The van der Waals surface area contributed by atoms with Crippen LogP contribution in [0.25, 0.3) is 10.6 Å². The predicted molar refractivity (Wildman–Crippen MR) is 78.4 cm³/mol. The Morgan fingerprint density at radius 2 is 1.89 bits per heavy atom. The molecule has 0 atom stereocenters. The van der Waals surface area contributed by atoms with Gasteiger partial charge < -0.3 is 5.32 Å². The van der Waals surface area contributed by atoms with Gasteiger partial charge in [0.25, 0.3) is 0 Å². The number of amides is 1. The van der Waals surface area contributed by atoms with Crippen molar-refractivity contribution in [2.45, 2.75) is 18.9 Å². The van der Waals surface area contributed by atoms with Crippen LogP contribution in [0.4, 0.5) is 5.00 Å². The molecule has 2 aromatic rings. The van der Waals surface area contributed by atoms with Crippen molar-refractivity contribution >= 4 is 39.1 Å². The fourth-order valence-electron chi connectivity index (χ4n) is 1.45. The van der Waals surface area contributed by atoms with E-state index in [-0.39, 0.29) is 11.0 Å². The molecule has 98 valence electrons. The topological polar surface area (TPSA) is 59.1 Å². The Morgan fingerprint density at radius 1 is 1.21 bits per heavy atom. The number of hydrogen-bond donors (Lipinski definition) is 1. The standard InChI is InChI=1S/C13H12N2O2S2/c1-8(16)14-12-13(18-9(2)17)15-11(19-12)10-6-4-3-5-7-10/h3-7H,1-2H3,(H,14,16). The minimum atomic E-state index is -0.173. The quantitative estimate of drug-likeness (QED) is 0.881. The van der Waals surface area contributed by atoms with Gasteiger partial charge in [-0.2, -0.15) is 0 Å². The summed E-state index contributed by atoms with van der Waals surface area (Å²) >= 11 is 2.40. The molecular formula is C13H12N2O2S2. The van der Waals surface area contributed by atoms with Crippen LogP contribution in [0.15, 0.2) is 35.4 Å². The van der Waals surface area contributed by atoms with E-state index in [1.807, 2.05) is 30.3 Å². The number of carbonyl (C=O) groups is 2. The second-order valence-corrected chi connectivity index (χ2v) is 5.96. The zero-order chi connectivity index (χ0) is 13.8. The Morgan fingerprint density at radius 3 is 2.47 bits per heavy atom. The van der Waals surface area contributed by atoms with Gasteiger partial charge in [0.15, 0.2) is 5.12 Å². The third kappa shape index (κ3) is 3.65. The monoisotopic (exact) mass is 292 g/mol. The van der Waals surface area contributed by atoms with Crippen molar-refractivity contribution in [2.75, 3.05) is 5.32 Å². The molecule has 0 fully saturated rings. The average molecular weight is 292 g/mol. The highest BCUT2D eigenvalue weighted by Crippen LogP contribution is 2.37. The number of rotatable bonds is 3. The second-order valence-electron chi connectivity index (χ2n) is 3.79. The van der Waals surface area contributed by atoms with Gasteiger partial charge in [0, 0.05) is 19.4 Å². The fourth-order valence-corrected chi connectivity index (χ4v) is 3.23. The van der Waals surface area contributed by atoms with Gasteiger partial charge in [-0.1, -0.05) is 41.7 Å². The van der Waals surface area contributed by atoms with E-state index in [9.17, 15) is 9.59 Å². The van der Waals surface area contributed by atoms with Gasteiger partial charge >= 0.3 is 0 Å². The lowest BCUT2D eigenvalue weighted by atomic mass is 10.2. The molecule has 19 heavy (non-hydrogen) atoms. The molecule has 0 bridgehead atoms. The van der Waals surface area contributed by atoms with Gasteiger partial charge in [-0.3, -0.25) is 9.59 Å². The number of hydrogen-bond acceptors (Lipinski definition) is 5. The van der Waals surface area contributed by atoms with Gasteiger partial charge in [0.1, 0.15) is 15.0 Å². The van der Waals surface area contributed by atoms with Crippen molar-refractivity contribution in [1.29, 1.82) is 0 Å². The first-order valence-electron chi connectivity index (χ1n) is 5.58. The van der Waals surface area contributed by atoms with Gasteiger partial charge in [-0.05, 0) is 11.8 Å². The Balaban J connectivity index is 2.39. The van der Waals surface area contributed by atoms with Gasteiger partial charge in [0.2, 0.25) is 5.91 Å². The first-order chi connectivity index (χ1) is 9.06. The molecule has 1 aromatic heterocycles. The van der Waals surface area contributed by atoms with Crippen molar-refractivity contribution in [1.82, 2.24) is 4.98 Å². The van der Waals surface area contributed by atoms with Crippen molar-refractivity contribution in [3.63, 3.8) is 0 Å². The summed E-state index contributed by atoms with van der Waals surface area (Å²) in [6.07, 6.45) is 0. The Hall–Kier alpha value is -1.66. The van der Waals surface area contributed by atoms with E-state index in [2.05, 4.69) is 10.3 Å². The van der Waals surface area contributed by atoms with Gasteiger partial charge in [-0.25, -0.2) is 4.98 Å². The molecule has 0 aliphatic heterocycles. The van der Waals surface area contributed by atoms with Crippen molar-refractivity contribution in [3.05, 3.63) is 30.3 Å². The van der Waals surface area contributed by atoms with Crippen LogP contribution in [0.2, 0.25) is 0 Å². The van der Waals surface area contributed by atoms with Crippen LogP contribution in [0.3, 0.4) is 0 Å². The summed E-state index contributed by atoms with van der Waals surface area (Å²) in [5.74, 6) is -0.173. The van der Waals surface area contributed by atoms with Crippen LogP contribution in [0.5, 0.6) is 0 Å². The van der Waals surface area contributed by atoms with E-state index in [0.29, 0.717) is 10.0 Å². The van der Waals surface area contributed by atoms with Crippen LogP contribution in [0.1, 0.15) is 13.8 Å². The molecule has 4 nitrogen and oxygen atoms in total. The molecule has 0 saturated heterocycles. The van der Waals surface area contributed by atoms with Crippen molar-refractivity contribution in [3.8, 4) is 10.6 Å². The van der Waals surface area contributed by atoms with E-state index < -0.39 is 0 Å². The van der Waals surface area contributed by atoms with Crippen molar-refractivity contribution in [2.24, 2.45) is 0 Å². The third-order valence-corrected chi connectivity index (χ3v) is 4.07. The molecule has 1 N–H and O–H groups in total. The summed E-state index contributed by atoms with van der Waals surface area (Å²) in [5, 5.41) is 4.60. The second kappa shape index (κ2) is 5.99. The molecule has 0 spiro atoms. The lowest BCUT2D eigenvalue weighted by Crippen LogP contribution is -2.05.